The largest absolute Gasteiger partial charge is 0.373 e. The Morgan fingerprint density at radius 2 is 1.72 bits per heavy atom. The van der Waals surface area contributed by atoms with Crippen LogP contribution in [0.2, 0.25) is 0 Å². The summed E-state index contributed by atoms with van der Waals surface area (Å²) in [4.78, 5) is 12.3. The summed E-state index contributed by atoms with van der Waals surface area (Å²) in [6.07, 6.45) is 17.9. The van der Waals surface area contributed by atoms with Gasteiger partial charge in [-0.3, -0.25) is 4.79 Å². The van der Waals surface area contributed by atoms with Crippen LogP contribution < -0.4 is 5.32 Å². The molecule has 0 saturated heterocycles. The summed E-state index contributed by atoms with van der Waals surface area (Å²) in [6, 6.07) is 8.21. The van der Waals surface area contributed by atoms with Crippen molar-refractivity contribution in [1.82, 2.24) is 0 Å². The number of ether oxygens (including phenoxy) is 1. The highest BCUT2D eigenvalue weighted by atomic mass is 16.5. The van der Waals surface area contributed by atoms with Gasteiger partial charge in [0.2, 0.25) is 5.91 Å². The minimum absolute atomic E-state index is 0.0106. The molecule has 0 aromatic heterocycles. The molecule has 1 amide bonds. The summed E-state index contributed by atoms with van der Waals surface area (Å²) in [5.74, 6) is 3.45. The second kappa shape index (κ2) is 12.9. The first-order valence-corrected chi connectivity index (χ1v) is 17.7. The first-order valence-electron chi connectivity index (χ1n) is 17.7. The molecule has 43 heavy (non-hydrogen) atoms. The van der Waals surface area contributed by atoms with Crippen LogP contribution in [0, 0.1) is 39.9 Å². The van der Waals surface area contributed by atoms with Gasteiger partial charge in [0.05, 0.1) is 12.7 Å². The van der Waals surface area contributed by atoms with Crippen LogP contribution in [0.25, 0.3) is 0 Å². The van der Waals surface area contributed by atoms with Crippen LogP contribution in [-0.4, -0.2) is 12.0 Å². The molecule has 3 fully saturated rings. The number of amides is 1. The van der Waals surface area contributed by atoms with Gasteiger partial charge in [0.25, 0.3) is 0 Å². The number of benzene rings is 1. The van der Waals surface area contributed by atoms with E-state index in [1.54, 1.807) is 11.1 Å². The van der Waals surface area contributed by atoms with Crippen molar-refractivity contribution in [2.75, 3.05) is 5.32 Å². The van der Waals surface area contributed by atoms with Gasteiger partial charge in [0.1, 0.15) is 0 Å². The molecule has 1 N–H and O–H groups in total. The van der Waals surface area contributed by atoms with Gasteiger partial charge in [0, 0.05) is 12.1 Å². The molecular formula is C40H61NO2. The van der Waals surface area contributed by atoms with E-state index in [0.717, 1.165) is 35.8 Å². The fraction of sp³-hybridized carbons (Fsp3) is 0.725. The Morgan fingerprint density at radius 3 is 2.42 bits per heavy atom. The standard InChI is InChI=1S/C40H61NO2/c1-27(2)10-9-11-28(3)34-18-19-35-33-17-14-30-24-32(20-22-39(30,7)36(33)21-23-40(34,35)8)43-26-29-12-15-31(16-13-29)41-37(42)25-38(4,5)6/h12-16,27,32-33,35-36H,9-11,17-26H2,1-8H3,(H,41,42)/b34-28+. The fourth-order valence-electron chi connectivity index (χ4n) is 9.79. The molecule has 4 aliphatic carbocycles. The quantitative estimate of drug-likeness (QED) is 0.292. The van der Waals surface area contributed by atoms with Crippen molar-refractivity contribution in [3.8, 4) is 0 Å². The number of fused-ring (bicyclic) bond motifs is 5. The monoisotopic (exact) mass is 587 g/mol. The van der Waals surface area contributed by atoms with E-state index >= 15 is 0 Å². The molecule has 4 aliphatic rings. The van der Waals surface area contributed by atoms with E-state index in [1.165, 1.54) is 69.8 Å². The van der Waals surface area contributed by atoms with Crippen molar-refractivity contribution in [3.63, 3.8) is 0 Å². The molecule has 3 saturated carbocycles. The van der Waals surface area contributed by atoms with E-state index in [2.05, 4.69) is 78.9 Å². The number of hydrogen-bond acceptors (Lipinski definition) is 2. The Balaban J connectivity index is 1.17. The molecule has 1 aromatic carbocycles. The van der Waals surface area contributed by atoms with Gasteiger partial charge in [-0.25, -0.2) is 0 Å². The minimum atomic E-state index is -0.0106. The van der Waals surface area contributed by atoms with E-state index < -0.39 is 0 Å². The number of anilines is 1. The lowest BCUT2D eigenvalue weighted by atomic mass is 9.47. The average molecular weight is 588 g/mol. The molecule has 3 nitrogen and oxygen atoms in total. The average Bonchev–Trinajstić information content (AvgIpc) is 3.28. The summed E-state index contributed by atoms with van der Waals surface area (Å²) in [5, 5.41) is 3.03. The maximum atomic E-state index is 12.3. The zero-order chi connectivity index (χ0) is 31.0. The number of rotatable bonds is 9. The van der Waals surface area contributed by atoms with Crippen LogP contribution in [0.1, 0.15) is 138 Å². The Morgan fingerprint density at radius 1 is 1.02 bits per heavy atom. The first kappa shape index (κ1) is 32.5. The van der Waals surface area contributed by atoms with Crippen LogP contribution in [0.5, 0.6) is 0 Å². The predicted octanol–water partition coefficient (Wildman–Crippen LogP) is 11.1. The molecule has 0 heterocycles. The van der Waals surface area contributed by atoms with Crippen molar-refractivity contribution in [2.24, 2.45) is 39.9 Å². The third kappa shape index (κ3) is 7.18. The normalized spacial score (nSPS) is 33.4. The smallest absolute Gasteiger partial charge is 0.224 e. The third-order valence-electron chi connectivity index (χ3n) is 12.1. The highest BCUT2D eigenvalue weighted by molar-refractivity contribution is 5.91. The van der Waals surface area contributed by atoms with Gasteiger partial charge in [-0.2, -0.15) is 0 Å². The van der Waals surface area contributed by atoms with E-state index in [0.29, 0.717) is 30.0 Å². The van der Waals surface area contributed by atoms with Crippen LogP contribution in [-0.2, 0) is 16.1 Å². The fourth-order valence-corrected chi connectivity index (χ4v) is 9.79. The summed E-state index contributed by atoms with van der Waals surface area (Å²) in [6.45, 7) is 19.4. The van der Waals surface area contributed by atoms with Crippen molar-refractivity contribution >= 4 is 11.6 Å². The molecule has 0 bridgehead atoms. The van der Waals surface area contributed by atoms with Gasteiger partial charge in [-0.05, 0) is 129 Å². The Kier molecular flexibility index (Phi) is 9.72. The maximum Gasteiger partial charge on any atom is 0.224 e. The third-order valence-corrected chi connectivity index (χ3v) is 12.1. The zero-order valence-electron chi connectivity index (χ0n) is 28.8. The highest BCUT2D eigenvalue weighted by Crippen LogP contribution is 2.66. The molecule has 238 valence electrons. The van der Waals surface area contributed by atoms with Gasteiger partial charge in [0.15, 0.2) is 0 Å². The highest BCUT2D eigenvalue weighted by Gasteiger charge is 2.57. The maximum absolute atomic E-state index is 12.3. The molecule has 1 aromatic rings. The van der Waals surface area contributed by atoms with Crippen molar-refractivity contribution in [1.29, 1.82) is 0 Å². The summed E-state index contributed by atoms with van der Waals surface area (Å²) in [7, 11) is 0. The van der Waals surface area contributed by atoms with Gasteiger partial charge in [-0.15, -0.1) is 0 Å². The first-order chi connectivity index (χ1) is 20.3. The van der Waals surface area contributed by atoms with E-state index in [9.17, 15) is 4.79 Å². The van der Waals surface area contributed by atoms with Gasteiger partial charge < -0.3 is 10.1 Å². The van der Waals surface area contributed by atoms with Gasteiger partial charge in [-0.1, -0.05) is 89.8 Å². The lowest BCUT2D eigenvalue weighted by Crippen LogP contribution is -2.49. The molecule has 6 unspecified atom stereocenters. The number of carbonyl (C=O) groups excluding carboxylic acids is 1. The number of carbonyl (C=O) groups is 1. The van der Waals surface area contributed by atoms with Crippen LogP contribution in [0.3, 0.4) is 0 Å². The summed E-state index contributed by atoms with van der Waals surface area (Å²) < 4.78 is 6.52. The lowest BCUT2D eigenvalue weighted by molar-refractivity contribution is -0.117. The lowest BCUT2D eigenvalue weighted by Gasteiger charge is -2.57. The second-order valence-corrected chi connectivity index (χ2v) is 17.0. The predicted molar refractivity (Wildman–Crippen MR) is 181 cm³/mol. The summed E-state index contributed by atoms with van der Waals surface area (Å²) >= 11 is 0. The Bertz CT molecular complexity index is 1200. The van der Waals surface area contributed by atoms with Gasteiger partial charge >= 0.3 is 0 Å². The zero-order valence-corrected chi connectivity index (χ0v) is 28.8. The van der Waals surface area contributed by atoms with Crippen LogP contribution >= 0.6 is 0 Å². The van der Waals surface area contributed by atoms with E-state index in [-0.39, 0.29) is 11.3 Å². The molecule has 0 radical (unpaired) electrons. The van der Waals surface area contributed by atoms with E-state index in [4.69, 9.17) is 4.74 Å². The second-order valence-electron chi connectivity index (χ2n) is 17.0. The number of allylic oxidation sites excluding steroid dienone is 3. The molecule has 3 heteroatoms. The SMILES string of the molecule is C/C(CCCC(C)C)=C1/CCC2C3CC=C4CC(OCc5ccc(NC(=O)CC(C)(C)C)cc5)CCC4(C)C3CCC12C. The number of nitrogens with one attached hydrogen (secondary N) is 1. The Labute approximate surface area is 263 Å². The van der Waals surface area contributed by atoms with Crippen LogP contribution in [0.4, 0.5) is 5.69 Å². The topological polar surface area (TPSA) is 38.3 Å². The van der Waals surface area contributed by atoms with Crippen molar-refractivity contribution < 1.29 is 9.53 Å². The summed E-state index contributed by atoms with van der Waals surface area (Å²) in [5.41, 5.74) is 8.12. The molecule has 5 rings (SSSR count). The van der Waals surface area contributed by atoms with Crippen LogP contribution in [0.15, 0.2) is 47.1 Å². The van der Waals surface area contributed by atoms with Crippen molar-refractivity contribution in [2.45, 2.75) is 145 Å². The molecule has 0 spiro atoms. The number of hydrogen-bond donors (Lipinski definition) is 1. The van der Waals surface area contributed by atoms with E-state index in [1.807, 2.05) is 17.7 Å². The Hall–Kier alpha value is -1.87. The molecule has 6 atom stereocenters. The minimum Gasteiger partial charge on any atom is -0.373 e. The molecular weight excluding hydrogens is 526 g/mol. The molecule has 0 aliphatic heterocycles. The van der Waals surface area contributed by atoms with Crippen molar-refractivity contribution in [3.05, 3.63) is 52.6 Å².